The van der Waals surface area contributed by atoms with Crippen molar-refractivity contribution < 1.29 is 13.2 Å². The smallest absolute Gasteiger partial charge is 0.348 e. The Hall–Kier alpha value is -3.14. The highest BCUT2D eigenvalue weighted by Gasteiger charge is 2.36. The minimum Gasteiger partial charge on any atom is -0.348 e. The summed E-state index contributed by atoms with van der Waals surface area (Å²) in [7, 11) is 0. The highest BCUT2D eigenvalue weighted by Crippen LogP contribution is 2.36. The number of imidazole rings is 1. The first-order chi connectivity index (χ1) is 13.9. The maximum Gasteiger partial charge on any atom is 0.419 e. The lowest BCUT2D eigenvalue weighted by molar-refractivity contribution is -0.138. The van der Waals surface area contributed by atoms with Crippen LogP contribution in [0.25, 0.3) is 5.52 Å². The van der Waals surface area contributed by atoms with E-state index in [1.807, 2.05) is 18.2 Å². The van der Waals surface area contributed by atoms with Crippen molar-refractivity contribution in [3.8, 4) is 0 Å². The van der Waals surface area contributed by atoms with E-state index in [1.54, 1.807) is 21.8 Å². The summed E-state index contributed by atoms with van der Waals surface area (Å²) in [6.45, 7) is 0.493. The van der Waals surface area contributed by atoms with Gasteiger partial charge in [-0.3, -0.25) is 0 Å². The summed E-state index contributed by atoms with van der Waals surface area (Å²) in [5, 5.41) is 5.05. The minimum absolute atomic E-state index is 0.180. The van der Waals surface area contributed by atoms with E-state index in [2.05, 4.69) is 25.0 Å². The molecule has 0 aromatic carbocycles. The molecule has 0 amide bonds. The van der Waals surface area contributed by atoms with Crippen molar-refractivity contribution in [1.82, 2.24) is 29.5 Å². The third kappa shape index (κ3) is 3.00. The molecule has 5 heterocycles. The van der Waals surface area contributed by atoms with E-state index in [9.17, 15) is 13.2 Å². The Morgan fingerprint density at radius 1 is 1.14 bits per heavy atom. The largest absolute Gasteiger partial charge is 0.419 e. The molecule has 0 radical (unpaired) electrons. The number of fused-ring (bicyclic) bond motifs is 2. The molecule has 11 heteroatoms. The van der Waals surface area contributed by atoms with Gasteiger partial charge < -0.3 is 9.88 Å². The lowest BCUT2D eigenvalue weighted by Gasteiger charge is -2.33. The van der Waals surface area contributed by atoms with Crippen molar-refractivity contribution >= 4 is 23.1 Å². The predicted molar refractivity (Wildman–Crippen MR) is 98.7 cm³/mol. The van der Waals surface area contributed by atoms with E-state index in [1.165, 1.54) is 0 Å². The number of pyridine rings is 1. The van der Waals surface area contributed by atoms with Crippen molar-refractivity contribution in [3.05, 3.63) is 70.8 Å². The SMILES string of the molecule is FC(F)(F)c1cnc(N2CCc3[nH]cnc3[C@H]2c2cc3cccc(Cl)n3n2)nc1. The first-order valence-corrected chi connectivity index (χ1v) is 9.12. The number of aromatic amines is 1. The molecule has 7 nitrogen and oxygen atoms in total. The van der Waals surface area contributed by atoms with E-state index in [0.717, 1.165) is 29.3 Å². The van der Waals surface area contributed by atoms with Gasteiger partial charge in [0, 0.05) is 31.1 Å². The minimum atomic E-state index is -4.49. The van der Waals surface area contributed by atoms with Crippen LogP contribution < -0.4 is 4.90 Å². The topological polar surface area (TPSA) is 75.0 Å². The Balaban J connectivity index is 1.61. The maximum absolute atomic E-state index is 12.9. The van der Waals surface area contributed by atoms with Gasteiger partial charge in [-0.2, -0.15) is 18.3 Å². The number of aromatic nitrogens is 6. The van der Waals surface area contributed by atoms with Gasteiger partial charge in [0.1, 0.15) is 11.2 Å². The summed E-state index contributed by atoms with van der Waals surface area (Å²) in [6, 6.07) is 6.83. The number of halogens is 4. The van der Waals surface area contributed by atoms with Gasteiger partial charge in [-0.05, 0) is 18.2 Å². The van der Waals surface area contributed by atoms with Gasteiger partial charge in [0.2, 0.25) is 5.95 Å². The molecule has 1 aliphatic heterocycles. The van der Waals surface area contributed by atoms with Gasteiger partial charge in [-0.1, -0.05) is 17.7 Å². The Morgan fingerprint density at radius 2 is 1.93 bits per heavy atom. The summed E-state index contributed by atoms with van der Waals surface area (Å²) >= 11 is 6.24. The highest BCUT2D eigenvalue weighted by molar-refractivity contribution is 6.29. The molecule has 148 valence electrons. The highest BCUT2D eigenvalue weighted by atomic mass is 35.5. The average molecular weight is 420 g/mol. The first kappa shape index (κ1) is 17.9. The van der Waals surface area contributed by atoms with E-state index in [-0.39, 0.29) is 5.95 Å². The first-order valence-electron chi connectivity index (χ1n) is 8.74. The monoisotopic (exact) mass is 419 g/mol. The number of nitrogens with zero attached hydrogens (tertiary/aromatic N) is 6. The lowest BCUT2D eigenvalue weighted by atomic mass is 10.0. The molecule has 0 saturated heterocycles. The number of alkyl halides is 3. The third-order valence-corrected chi connectivity index (χ3v) is 5.17. The molecule has 0 aliphatic carbocycles. The van der Waals surface area contributed by atoms with Crippen LogP contribution in [0.5, 0.6) is 0 Å². The summed E-state index contributed by atoms with van der Waals surface area (Å²) < 4.78 is 40.2. The molecule has 29 heavy (non-hydrogen) atoms. The van der Waals surface area contributed by atoms with Crippen LogP contribution in [0.15, 0.2) is 43.0 Å². The Kier molecular flexibility index (Phi) is 3.98. The van der Waals surface area contributed by atoms with Crippen LogP contribution in [0.4, 0.5) is 19.1 Å². The van der Waals surface area contributed by atoms with Crippen LogP contribution in [-0.2, 0) is 12.6 Å². The zero-order valence-electron chi connectivity index (χ0n) is 14.7. The quantitative estimate of drug-likeness (QED) is 0.502. The van der Waals surface area contributed by atoms with Gasteiger partial charge >= 0.3 is 6.18 Å². The zero-order valence-corrected chi connectivity index (χ0v) is 15.5. The van der Waals surface area contributed by atoms with E-state index in [0.29, 0.717) is 23.8 Å². The second-order valence-corrected chi connectivity index (χ2v) is 7.02. The van der Waals surface area contributed by atoms with Crippen LogP contribution in [0.2, 0.25) is 5.15 Å². The lowest BCUT2D eigenvalue weighted by Crippen LogP contribution is -2.37. The molecule has 4 aromatic heterocycles. The average Bonchev–Trinajstić information content (AvgIpc) is 3.34. The van der Waals surface area contributed by atoms with E-state index >= 15 is 0 Å². The van der Waals surface area contributed by atoms with Gasteiger partial charge in [0.15, 0.2) is 0 Å². The van der Waals surface area contributed by atoms with E-state index in [4.69, 9.17) is 11.6 Å². The van der Waals surface area contributed by atoms with Crippen LogP contribution in [-0.4, -0.2) is 36.1 Å². The second-order valence-electron chi connectivity index (χ2n) is 6.64. The molecule has 5 rings (SSSR count). The van der Waals surface area contributed by atoms with Crippen LogP contribution >= 0.6 is 11.6 Å². The van der Waals surface area contributed by atoms with Crippen molar-refractivity contribution in [2.45, 2.75) is 18.6 Å². The Morgan fingerprint density at radius 3 is 2.66 bits per heavy atom. The predicted octanol–water partition coefficient (Wildman–Crippen LogP) is 3.67. The molecule has 0 fully saturated rings. The molecule has 4 aromatic rings. The summed E-state index contributed by atoms with van der Waals surface area (Å²) in [4.78, 5) is 17.3. The normalized spacial score (nSPS) is 17.0. The number of H-pyrrole nitrogens is 1. The molecular weight excluding hydrogens is 407 g/mol. The molecule has 0 bridgehead atoms. The van der Waals surface area contributed by atoms with Gasteiger partial charge in [0.05, 0.1) is 28.8 Å². The van der Waals surface area contributed by atoms with Crippen LogP contribution in [0.3, 0.4) is 0 Å². The number of nitrogens with one attached hydrogen (secondary N) is 1. The fourth-order valence-electron chi connectivity index (χ4n) is 3.54. The number of rotatable bonds is 2. The van der Waals surface area contributed by atoms with Gasteiger partial charge in [-0.25, -0.2) is 19.5 Å². The zero-order chi connectivity index (χ0) is 20.2. The standard InChI is InChI=1S/C18H13ClF3N7/c19-14-3-1-2-11-6-13(27-29(11)14)16-15-12(25-9-26-15)4-5-28(16)17-23-7-10(8-24-17)18(20,21)22/h1-3,6-9,16H,4-5H2,(H,25,26)/t16-/m1/s1. The third-order valence-electron chi connectivity index (χ3n) is 4.89. The molecule has 1 N–H and O–H groups in total. The van der Waals surface area contributed by atoms with Crippen molar-refractivity contribution in [1.29, 1.82) is 0 Å². The number of anilines is 1. The molecule has 1 atom stereocenters. The van der Waals surface area contributed by atoms with E-state index < -0.39 is 17.8 Å². The fourth-order valence-corrected chi connectivity index (χ4v) is 3.75. The molecular formula is C18H13ClF3N7. The van der Waals surface area contributed by atoms with Crippen molar-refractivity contribution in [2.24, 2.45) is 0 Å². The molecule has 1 aliphatic rings. The van der Waals surface area contributed by atoms with Gasteiger partial charge in [-0.15, -0.1) is 0 Å². The maximum atomic E-state index is 12.9. The molecule has 0 unspecified atom stereocenters. The number of hydrogen-bond acceptors (Lipinski definition) is 5. The Labute approximate surface area is 167 Å². The van der Waals surface area contributed by atoms with Crippen molar-refractivity contribution in [3.63, 3.8) is 0 Å². The fraction of sp³-hybridized carbons (Fsp3) is 0.222. The van der Waals surface area contributed by atoms with Crippen molar-refractivity contribution in [2.75, 3.05) is 11.4 Å². The summed E-state index contributed by atoms with van der Waals surface area (Å²) in [6.07, 6.45) is -0.685. The second kappa shape index (κ2) is 6.45. The van der Waals surface area contributed by atoms with Crippen LogP contribution in [0, 0.1) is 0 Å². The molecule has 0 spiro atoms. The molecule has 0 saturated carbocycles. The van der Waals surface area contributed by atoms with Crippen LogP contribution in [0.1, 0.15) is 28.7 Å². The summed E-state index contributed by atoms with van der Waals surface area (Å²) in [5.74, 6) is 0.180. The summed E-state index contributed by atoms with van der Waals surface area (Å²) in [5.41, 5.74) is 2.23. The Bertz CT molecular complexity index is 1180. The van der Waals surface area contributed by atoms with Gasteiger partial charge in [0.25, 0.3) is 0 Å². The number of hydrogen-bond donors (Lipinski definition) is 1.